The number of thioether (sulfide) groups is 1. The van der Waals surface area contributed by atoms with E-state index in [0.717, 1.165) is 13.0 Å². The number of hydrogen-bond donors (Lipinski definition) is 0. The first-order chi connectivity index (χ1) is 9.74. The summed E-state index contributed by atoms with van der Waals surface area (Å²) >= 11 is 1.46. The largest absolute Gasteiger partial charge is 0.336 e. The number of hydrogen-bond acceptors (Lipinski definition) is 3. The maximum absolute atomic E-state index is 12.3. The Labute approximate surface area is 122 Å². The van der Waals surface area contributed by atoms with Crippen LogP contribution >= 0.6 is 11.8 Å². The lowest BCUT2D eigenvalue weighted by Crippen LogP contribution is -2.43. The van der Waals surface area contributed by atoms with Crippen molar-refractivity contribution in [1.82, 2.24) is 9.80 Å². The molecule has 0 N–H and O–H groups in total. The van der Waals surface area contributed by atoms with E-state index in [2.05, 4.69) is 12.1 Å². The molecule has 1 aromatic rings. The van der Waals surface area contributed by atoms with E-state index in [0.29, 0.717) is 12.3 Å². The summed E-state index contributed by atoms with van der Waals surface area (Å²) in [6.45, 7) is 1.53. The molecule has 4 nitrogen and oxygen atoms in total. The maximum Gasteiger partial charge on any atom is 0.242 e. The van der Waals surface area contributed by atoms with Crippen LogP contribution in [0.3, 0.4) is 0 Å². The lowest BCUT2D eigenvalue weighted by atomic mass is 10.00. The summed E-state index contributed by atoms with van der Waals surface area (Å²) in [7, 11) is 0. The minimum Gasteiger partial charge on any atom is -0.336 e. The lowest BCUT2D eigenvalue weighted by Gasteiger charge is -2.31. The Balaban J connectivity index is 1.66. The average molecular weight is 288 g/mol. The third-order valence-electron chi connectivity index (χ3n) is 3.65. The molecule has 2 heterocycles. The van der Waals surface area contributed by atoms with Crippen molar-refractivity contribution >= 4 is 23.6 Å². The molecule has 2 amide bonds. The van der Waals surface area contributed by atoms with E-state index in [1.807, 2.05) is 22.4 Å². The molecular weight excluding hydrogens is 272 g/mol. The second kappa shape index (κ2) is 5.71. The van der Waals surface area contributed by atoms with Gasteiger partial charge in [-0.1, -0.05) is 24.3 Å². The number of fused-ring (bicyclic) bond motifs is 1. The molecule has 0 aromatic heterocycles. The van der Waals surface area contributed by atoms with Gasteiger partial charge in [-0.15, -0.1) is 11.8 Å². The van der Waals surface area contributed by atoms with Crippen LogP contribution in [0.4, 0.5) is 0 Å². The number of benzene rings is 1. The van der Waals surface area contributed by atoms with Crippen molar-refractivity contribution in [3.8, 4) is 0 Å². The summed E-state index contributed by atoms with van der Waals surface area (Å²) < 4.78 is 0. The van der Waals surface area contributed by atoms with Crippen LogP contribution in [0.5, 0.6) is 0 Å². The predicted octanol–water partition coefficient (Wildman–Crippen LogP) is 1.62. The molecule has 0 fully saturated rings. The summed E-state index contributed by atoms with van der Waals surface area (Å²) in [4.78, 5) is 27.4. The molecule has 0 unspecified atom stereocenters. The highest BCUT2D eigenvalue weighted by atomic mass is 32.2. The molecule has 20 heavy (non-hydrogen) atoms. The Morgan fingerprint density at radius 3 is 2.85 bits per heavy atom. The monoisotopic (exact) mass is 288 g/mol. The molecule has 104 valence electrons. The Kier molecular flexibility index (Phi) is 3.78. The second-order valence-electron chi connectivity index (χ2n) is 4.95. The van der Waals surface area contributed by atoms with E-state index in [4.69, 9.17) is 0 Å². The number of nitrogens with zero attached hydrogens (tertiary/aromatic N) is 2. The molecule has 0 saturated heterocycles. The van der Waals surface area contributed by atoms with Crippen LogP contribution < -0.4 is 0 Å². The first-order valence-corrected chi connectivity index (χ1v) is 7.71. The molecule has 1 aromatic carbocycles. The molecule has 0 atom stereocenters. The van der Waals surface area contributed by atoms with Gasteiger partial charge in [-0.2, -0.15) is 0 Å². The van der Waals surface area contributed by atoms with Crippen molar-refractivity contribution in [2.24, 2.45) is 0 Å². The molecule has 0 saturated carbocycles. The number of carbonyl (C=O) groups excluding carboxylic acids is 2. The zero-order valence-electron chi connectivity index (χ0n) is 11.1. The minimum atomic E-state index is 0.00302. The van der Waals surface area contributed by atoms with Gasteiger partial charge in [0.2, 0.25) is 11.8 Å². The molecule has 2 aliphatic heterocycles. The Morgan fingerprint density at radius 1 is 1.25 bits per heavy atom. The van der Waals surface area contributed by atoms with Crippen molar-refractivity contribution in [3.05, 3.63) is 47.0 Å². The quantitative estimate of drug-likeness (QED) is 0.830. The Morgan fingerprint density at radius 2 is 2.05 bits per heavy atom. The van der Waals surface area contributed by atoms with Gasteiger partial charge in [-0.3, -0.25) is 9.59 Å². The van der Waals surface area contributed by atoms with Gasteiger partial charge in [0.25, 0.3) is 0 Å². The van der Waals surface area contributed by atoms with Crippen LogP contribution in [0.2, 0.25) is 0 Å². The SMILES string of the molecule is O=C1CSC=CN1CC(=O)N1CCc2ccccc2C1. The van der Waals surface area contributed by atoms with Crippen molar-refractivity contribution < 1.29 is 9.59 Å². The molecule has 3 rings (SSSR count). The molecular formula is C15H16N2O2S. The molecule has 2 aliphatic rings. The summed E-state index contributed by atoms with van der Waals surface area (Å²) in [6.07, 6.45) is 2.59. The maximum atomic E-state index is 12.3. The van der Waals surface area contributed by atoms with Gasteiger partial charge in [-0.05, 0) is 23.0 Å². The Hall–Kier alpha value is -1.75. The number of rotatable bonds is 2. The topological polar surface area (TPSA) is 40.6 Å². The minimum absolute atomic E-state index is 0.00302. The van der Waals surface area contributed by atoms with E-state index in [-0.39, 0.29) is 18.4 Å². The number of amides is 2. The molecule has 0 bridgehead atoms. The zero-order valence-corrected chi connectivity index (χ0v) is 11.9. The van der Waals surface area contributed by atoms with E-state index in [1.165, 1.54) is 27.8 Å². The van der Waals surface area contributed by atoms with Crippen LogP contribution in [-0.2, 0) is 22.6 Å². The smallest absolute Gasteiger partial charge is 0.242 e. The fourth-order valence-corrected chi connectivity index (χ4v) is 3.13. The van der Waals surface area contributed by atoms with E-state index in [9.17, 15) is 9.59 Å². The fraction of sp³-hybridized carbons (Fsp3) is 0.333. The van der Waals surface area contributed by atoms with Crippen LogP contribution in [0.1, 0.15) is 11.1 Å². The summed E-state index contributed by atoms with van der Waals surface area (Å²) in [5, 5.41) is 1.86. The van der Waals surface area contributed by atoms with Crippen molar-refractivity contribution in [2.75, 3.05) is 18.8 Å². The molecule has 5 heteroatoms. The fourth-order valence-electron chi connectivity index (χ4n) is 2.50. The highest BCUT2D eigenvalue weighted by molar-refractivity contribution is 8.02. The highest BCUT2D eigenvalue weighted by Gasteiger charge is 2.24. The summed E-state index contributed by atoms with van der Waals surface area (Å²) in [5.74, 6) is 0.444. The summed E-state index contributed by atoms with van der Waals surface area (Å²) in [5.41, 5.74) is 2.53. The average Bonchev–Trinajstić information content (AvgIpc) is 2.49. The third-order valence-corrected chi connectivity index (χ3v) is 4.38. The van der Waals surface area contributed by atoms with Gasteiger partial charge < -0.3 is 9.80 Å². The normalized spacial score (nSPS) is 18.1. The van der Waals surface area contributed by atoms with Crippen molar-refractivity contribution in [2.45, 2.75) is 13.0 Å². The molecule has 0 radical (unpaired) electrons. The predicted molar refractivity (Wildman–Crippen MR) is 78.9 cm³/mol. The molecule has 0 aliphatic carbocycles. The lowest BCUT2D eigenvalue weighted by molar-refractivity contribution is -0.137. The van der Waals surface area contributed by atoms with Gasteiger partial charge in [0.05, 0.1) is 5.75 Å². The van der Waals surface area contributed by atoms with Gasteiger partial charge in [0.15, 0.2) is 0 Å². The first kappa shape index (κ1) is 13.2. The van der Waals surface area contributed by atoms with Gasteiger partial charge in [-0.25, -0.2) is 0 Å². The summed E-state index contributed by atoms with van der Waals surface area (Å²) in [6, 6.07) is 8.22. The second-order valence-corrected chi connectivity index (χ2v) is 5.85. The van der Waals surface area contributed by atoms with Gasteiger partial charge in [0, 0.05) is 19.3 Å². The van der Waals surface area contributed by atoms with Crippen LogP contribution in [0.25, 0.3) is 0 Å². The van der Waals surface area contributed by atoms with Crippen LogP contribution in [-0.4, -0.2) is 40.5 Å². The third kappa shape index (κ3) is 2.72. The first-order valence-electron chi connectivity index (χ1n) is 6.66. The number of carbonyl (C=O) groups is 2. The van der Waals surface area contributed by atoms with E-state index < -0.39 is 0 Å². The zero-order chi connectivity index (χ0) is 13.9. The van der Waals surface area contributed by atoms with Crippen molar-refractivity contribution in [3.63, 3.8) is 0 Å². The standard InChI is InChI=1S/C15H16N2O2S/c18-14(10-17-7-8-20-11-15(17)19)16-6-5-12-3-1-2-4-13(12)9-16/h1-4,7-8H,5-6,9-11H2. The Bertz CT molecular complexity index is 571. The van der Waals surface area contributed by atoms with E-state index >= 15 is 0 Å². The van der Waals surface area contributed by atoms with E-state index in [1.54, 1.807) is 6.20 Å². The highest BCUT2D eigenvalue weighted by Crippen LogP contribution is 2.19. The van der Waals surface area contributed by atoms with Gasteiger partial charge >= 0.3 is 0 Å². The van der Waals surface area contributed by atoms with Crippen LogP contribution in [0.15, 0.2) is 35.9 Å². The van der Waals surface area contributed by atoms with Crippen molar-refractivity contribution in [1.29, 1.82) is 0 Å². The molecule has 0 spiro atoms. The van der Waals surface area contributed by atoms with Gasteiger partial charge in [0.1, 0.15) is 6.54 Å². The van der Waals surface area contributed by atoms with Crippen LogP contribution in [0, 0.1) is 0 Å².